The summed E-state index contributed by atoms with van der Waals surface area (Å²) in [5.74, 6) is 0.395. The SMILES string of the molecule is CCc1c(OC)c(OC)cc(Br)c1-c1cc(C(=O)O)no1. The first-order valence-electron chi connectivity index (χ1n) is 6.17. The van der Waals surface area contributed by atoms with Gasteiger partial charge in [0.15, 0.2) is 23.0 Å². The van der Waals surface area contributed by atoms with Crippen molar-refractivity contribution in [3.8, 4) is 22.8 Å². The lowest BCUT2D eigenvalue weighted by atomic mass is 10.0. The summed E-state index contributed by atoms with van der Waals surface area (Å²) in [6, 6.07) is 3.13. The van der Waals surface area contributed by atoms with Crippen LogP contribution in [0.15, 0.2) is 21.1 Å². The number of halogens is 1. The van der Waals surface area contributed by atoms with Gasteiger partial charge in [-0.25, -0.2) is 4.79 Å². The fourth-order valence-corrected chi connectivity index (χ4v) is 2.77. The average Bonchev–Trinajstić information content (AvgIpc) is 2.95. The van der Waals surface area contributed by atoms with Crippen molar-refractivity contribution < 1.29 is 23.9 Å². The van der Waals surface area contributed by atoms with Gasteiger partial charge in [0, 0.05) is 21.7 Å². The Morgan fingerprint density at radius 1 is 1.38 bits per heavy atom. The Kier molecular flexibility index (Phi) is 4.52. The summed E-state index contributed by atoms with van der Waals surface area (Å²) in [4.78, 5) is 10.9. The van der Waals surface area contributed by atoms with Crippen molar-refractivity contribution in [1.82, 2.24) is 5.16 Å². The zero-order chi connectivity index (χ0) is 15.6. The standard InChI is InChI=1S/C14H14BrNO5/c1-4-7-12(10-6-9(14(17)18)16-21-10)8(15)5-11(19-2)13(7)20-3/h5-6H,4H2,1-3H3,(H,17,18). The fourth-order valence-electron chi connectivity index (χ4n) is 2.13. The third-order valence-electron chi connectivity index (χ3n) is 3.05. The Morgan fingerprint density at radius 3 is 2.57 bits per heavy atom. The molecule has 0 saturated carbocycles. The number of aromatic carboxylic acids is 1. The van der Waals surface area contributed by atoms with E-state index in [9.17, 15) is 4.79 Å². The smallest absolute Gasteiger partial charge is 0.358 e. The van der Waals surface area contributed by atoms with Crippen LogP contribution in [-0.4, -0.2) is 30.5 Å². The molecular weight excluding hydrogens is 342 g/mol. The minimum absolute atomic E-state index is 0.145. The third-order valence-corrected chi connectivity index (χ3v) is 3.67. The van der Waals surface area contributed by atoms with E-state index in [2.05, 4.69) is 21.1 Å². The number of nitrogens with zero attached hydrogens (tertiary/aromatic N) is 1. The van der Waals surface area contributed by atoms with Gasteiger partial charge in [-0.15, -0.1) is 0 Å². The molecule has 0 amide bonds. The molecule has 0 atom stereocenters. The molecule has 0 saturated heterocycles. The molecule has 2 aromatic rings. The fraction of sp³-hybridized carbons (Fsp3) is 0.286. The molecule has 0 spiro atoms. The number of hydrogen-bond acceptors (Lipinski definition) is 5. The van der Waals surface area contributed by atoms with Crippen molar-refractivity contribution in [3.05, 3.63) is 27.9 Å². The molecule has 0 aliphatic heterocycles. The third kappa shape index (κ3) is 2.73. The summed E-state index contributed by atoms with van der Waals surface area (Å²) >= 11 is 3.46. The molecule has 2 rings (SSSR count). The molecule has 0 unspecified atom stereocenters. The predicted octanol–water partition coefficient (Wildman–Crippen LogP) is 3.38. The molecular formula is C14H14BrNO5. The van der Waals surface area contributed by atoms with Crippen molar-refractivity contribution >= 4 is 21.9 Å². The van der Waals surface area contributed by atoms with Crippen molar-refractivity contribution in [3.63, 3.8) is 0 Å². The van der Waals surface area contributed by atoms with Crippen LogP contribution in [-0.2, 0) is 6.42 Å². The van der Waals surface area contributed by atoms with Crippen LogP contribution in [0.1, 0.15) is 23.0 Å². The average molecular weight is 356 g/mol. The first-order chi connectivity index (χ1) is 10.0. The highest BCUT2D eigenvalue weighted by Crippen LogP contribution is 2.43. The van der Waals surface area contributed by atoms with Crippen LogP contribution in [0.3, 0.4) is 0 Å². The van der Waals surface area contributed by atoms with Gasteiger partial charge in [0.2, 0.25) is 0 Å². The molecule has 1 N–H and O–H groups in total. The van der Waals surface area contributed by atoms with Crippen molar-refractivity contribution in [2.45, 2.75) is 13.3 Å². The summed E-state index contributed by atoms with van der Waals surface area (Å²) in [5, 5.41) is 12.5. The zero-order valence-electron chi connectivity index (χ0n) is 11.8. The van der Waals surface area contributed by atoms with Crippen LogP contribution < -0.4 is 9.47 Å². The Labute approximate surface area is 129 Å². The minimum Gasteiger partial charge on any atom is -0.493 e. The number of ether oxygens (including phenoxy) is 2. The van der Waals surface area contributed by atoms with E-state index in [1.54, 1.807) is 20.3 Å². The lowest BCUT2D eigenvalue weighted by molar-refractivity contribution is 0.0686. The van der Waals surface area contributed by atoms with Crippen LogP contribution in [0.25, 0.3) is 11.3 Å². The van der Waals surface area contributed by atoms with Gasteiger partial charge < -0.3 is 19.1 Å². The zero-order valence-corrected chi connectivity index (χ0v) is 13.4. The molecule has 21 heavy (non-hydrogen) atoms. The normalized spacial score (nSPS) is 10.5. The van der Waals surface area contributed by atoms with Gasteiger partial charge in [-0.05, 0) is 28.4 Å². The van der Waals surface area contributed by atoms with Crippen LogP contribution in [0.4, 0.5) is 0 Å². The maximum atomic E-state index is 10.9. The lowest BCUT2D eigenvalue weighted by Crippen LogP contribution is -1.99. The second kappa shape index (κ2) is 6.17. The van der Waals surface area contributed by atoms with Gasteiger partial charge in [-0.1, -0.05) is 12.1 Å². The molecule has 0 bridgehead atoms. The van der Waals surface area contributed by atoms with Gasteiger partial charge in [-0.2, -0.15) is 0 Å². The van der Waals surface area contributed by atoms with E-state index in [-0.39, 0.29) is 5.69 Å². The summed E-state index contributed by atoms with van der Waals surface area (Å²) in [6.45, 7) is 1.96. The molecule has 1 heterocycles. The van der Waals surface area contributed by atoms with Crippen molar-refractivity contribution in [2.75, 3.05) is 14.2 Å². The van der Waals surface area contributed by atoms with E-state index in [1.807, 2.05) is 6.92 Å². The number of hydrogen-bond donors (Lipinski definition) is 1. The Bertz CT molecular complexity index is 680. The summed E-state index contributed by atoms with van der Waals surface area (Å²) in [5.41, 5.74) is 1.40. The molecule has 6 nitrogen and oxygen atoms in total. The number of rotatable bonds is 5. The maximum absolute atomic E-state index is 10.9. The molecule has 0 radical (unpaired) electrons. The number of aromatic nitrogens is 1. The highest BCUT2D eigenvalue weighted by Gasteiger charge is 2.22. The van der Waals surface area contributed by atoms with Crippen molar-refractivity contribution in [2.24, 2.45) is 0 Å². The summed E-state index contributed by atoms with van der Waals surface area (Å²) in [7, 11) is 3.11. The van der Waals surface area contributed by atoms with E-state index in [1.165, 1.54) is 6.07 Å². The van der Waals surface area contributed by atoms with Crippen LogP contribution in [0.5, 0.6) is 11.5 Å². The van der Waals surface area contributed by atoms with Crippen molar-refractivity contribution in [1.29, 1.82) is 0 Å². The van der Waals surface area contributed by atoms with Gasteiger partial charge in [0.05, 0.1) is 14.2 Å². The van der Waals surface area contributed by atoms with Gasteiger partial charge in [0.25, 0.3) is 0 Å². The van der Waals surface area contributed by atoms with Gasteiger partial charge in [-0.3, -0.25) is 0 Å². The van der Waals surface area contributed by atoms with Crippen LogP contribution in [0.2, 0.25) is 0 Å². The van der Waals surface area contributed by atoms with Crippen LogP contribution >= 0.6 is 15.9 Å². The molecule has 0 fully saturated rings. The van der Waals surface area contributed by atoms with E-state index in [0.717, 1.165) is 5.56 Å². The first kappa shape index (κ1) is 15.4. The van der Waals surface area contributed by atoms with Crippen LogP contribution in [0, 0.1) is 0 Å². The predicted molar refractivity (Wildman–Crippen MR) is 79.1 cm³/mol. The highest BCUT2D eigenvalue weighted by molar-refractivity contribution is 9.10. The topological polar surface area (TPSA) is 81.8 Å². The second-order valence-corrected chi connectivity index (χ2v) is 5.04. The largest absolute Gasteiger partial charge is 0.493 e. The number of carboxylic acids is 1. The first-order valence-corrected chi connectivity index (χ1v) is 6.96. The number of methoxy groups -OCH3 is 2. The second-order valence-electron chi connectivity index (χ2n) is 4.18. The number of carboxylic acid groups (broad SMARTS) is 1. The Hall–Kier alpha value is -2.02. The lowest BCUT2D eigenvalue weighted by Gasteiger charge is -2.16. The molecule has 0 aliphatic carbocycles. The maximum Gasteiger partial charge on any atom is 0.358 e. The summed E-state index contributed by atoms with van der Waals surface area (Å²) in [6.07, 6.45) is 0.650. The minimum atomic E-state index is -1.14. The van der Waals surface area contributed by atoms with E-state index in [0.29, 0.717) is 33.7 Å². The molecule has 0 aliphatic rings. The summed E-state index contributed by atoms with van der Waals surface area (Å²) < 4.78 is 16.6. The van der Waals surface area contributed by atoms with E-state index < -0.39 is 5.97 Å². The van der Waals surface area contributed by atoms with Gasteiger partial charge >= 0.3 is 5.97 Å². The molecule has 1 aromatic carbocycles. The Morgan fingerprint density at radius 2 is 2.10 bits per heavy atom. The number of carbonyl (C=O) groups is 1. The quantitative estimate of drug-likeness (QED) is 0.885. The monoisotopic (exact) mass is 355 g/mol. The van der Waals surface area contributed by atoms with Gasteiger partial charge in [0.1, 0.15) is 0 Å². The molecule has 112 valence electrons. The highest BCUT2D eigenvalue weighted by atomic mass is 79.9. The molecule has 7 heteroatoms. The van der Waals surface area contributed by atoms with E-state index in [4.69, 9.17) is 19.1 Å². The molecule has 1 aromatic heterocycles. The number of benzene rings is 1. The van der Waals surface area contributed by atoms with E-state index >= 15 is 0 Å². The Balaban J connectivity index is 2.69.